The molecule has 0 radical (unpaired) electrons. The maximum atomic E-state index is 11.0. The Morgan fingerprint density at radius 2 is 2.10 bits per heavy atom. The Kier molecular flexibility index (Phi) is 4.79. The Morgan fingerprint density at radius 1 is 1.40 bits per heavy atom. The molecule has 0 saturated heterocycles. The average Bonchev–Trinajstić information content (AvgIpc) is 2.98. The topological polar surface area (TPSA) is 78.6 Å². The lowest BCUT2D eigenvalue weighted by atomic mass is 10.1. The van der Waals surface area contributed by atoms with E-state index in [-0.39, 0.29) is 17.2 Å². The second kappa shape index (κ2) is 6.56. The highest BCUT2D eigenvalue weighted by Crippen LogP contribution is 2.32. The van der Waals surface area contributed by atoms with Crippen molar-refractivity contribution < 1.29 is 10.0 Å². The first kappa shape index (κ1) is 14.6. The maximum absolute atomic E-state index is 11.0. The summed E-state index contributed by atoms with van der Waals surface area (Å²) in [5, 5.41) is 23.3. The van der Waals surface area contributed by atoms with Gasteiger partial charge in [-0.25, -0.2) is 0 Å². The van der Waals surface area contributed by atoms with Gasteiger partial charge in [-0.2, -0.15) is 0 Å². The van der Waals surface area contributed by atoms with Crippen molar-refractivity contribution in [2.24, 2.45) is 0 Å². The quantitative estimate of drug-likeness (QED) is 0.617. The molecule has 0 aromatic heterocycles. The third kappa shape index (κ3) is 3.19. The van der Waals surface area contributed by atoms with E-state index in [1.165, 1.54) is 18.9 Å². The van der Waals surface area contributed by atoms with Crippen LogP contribution in [0.4, 0.5) is 17.1 Å². The molecule has 2 rings (SSSR count). The number of aliphatic hydroxyl groups is 1. The highest BCUT2D eigenvalue weighted by Gasteiger charge is 2.24. The maximum Gasteiger partial charge on any atom is 0.273 e. The SMILES string of the molecule is CNc1cc(N(CCO)C2CCCC2)cc([N+](=O)[O-])c1. The number of rotatable bonds is 6. The first-order valence-corrected chi connectivity index (χ1v) is 7.00. The van der Waals surface area contributed by atoms with Crippen LogP contribution in [0.25, 0.3) is 0 Å². The molecule has 1 aliphatic carbocycles. The summed E-state index contributed by atoms with van der Waals surface area (Å²) in [7, 11) is 1.74. The first-order chi connectivity index (χ1) is 9.65. The summed E-state index contributed by atoms with van der Waals surface area (Å²) in [5.41, 5.74) is 1.60. The summed E-state index contributed by atoms with van der Waals surface area (Å²) in [4.78, 5) is 12.8. The van der Waals surface area contributed by atoms with Gasteiger partial charge in [0.05, 0.1) is 11.5 Å². The highest BCUT2D eigenvalue weighted by atomic mass is 16.6. The molecule has 1 aromatic rings. The summed E-state index contributed by atoms with van der Waals surface area (Å²) < 4.78 is 0. The summed E-state index contributed by atoms with van der Waals surface area (Å²) >= 11 is 0. The largest absolute Gasteiger partial charge is 0.395 e. The summed E-state index contributed by atoms with van der Waals surface area (Å²) in [5.74, 6) is 0. The van der Waals surface area contributed by atoms with Crippen LogP contribution in [0.1, 0.15) is 25.7 Å². The van der Waals surface area contributed by atoms with Crippen molar-refractivity contribution in [2.75, 3.05) is 30.4 Å². The zero-order chi connectivity index (χ0) is 14.5. The lowest BCUT2D eigenvalue weighted by Crippen LogP contribution is -2.35. The van der Waals surface area contributed by atoms with Crippen LogP contribution in [0.2, 0.25) is 0 Å². The zero-order valence-electron chi connectivity index (χ0n) is 11.7. The van der Waals surface area contributed by atoms with Crippen molar-refractivity contribution in [1.82, 2.24) is 0 Å². The molecular weight excluding hydrogens is 258 g/mol. The number of hydrogen-bond acceptors (Lipinski definition) is 5. The first-order valence-electron chi connectivity index (χ1n) is 7.00. The Balaban J connectivity index is 2.35. The van der Waals surface area contributed by atoms with Crippen LogP contribution >= 0.6 is 0 Å². The molecule has 0 aliphatic heterocycles. The van der Waals surface area contributed by atoms with Gasteiger partial charge in [-0.05, 0) is 18.9 Å². The number of aliphatic hydroxyl groups excluding tert-OH is 1. The Labute approximate surface area is 118 Å². The number of nitrogens with zero attached hydrogens (tertiary/aromatic N) is 2. The van der Waals surface area contributed by atoms with E-state index in [4.69, 9.17) is 0 Å². The Hall–Kier alpha value is -1.82. The lowest BCUT2D eigenvalue weighted by Gasteiger charge is -2.30. The van der Waals surface area contributed by atoms with Crippen LogP contribution in [0.3, 0.4) is 0 Å². The van der Waals surface area contributed by atoms with E-state index < -0.39 is 0 Å². The molecule has 0 spiro atoms. The van der Waals surface area contributed by atoms with Crippen LogP contribution in [-0.4, -0.2) is 36.3 Å². The van der Waals surface area contributed by atoms with E-state index in [0.717, 1.165) is 24.2 Å². The van der Waals surface area contributed by atoms with Gasteiger partial charge in [0.2, 0.25) is 0 Å². The second-order valence-electron chi connectivity index (χ2n) is 5.10. The van der Waals surface area contributed by atoms with Gasteiger partial charge in [0.15, 0.2) is 0 Å². The Bertz CT molecular complexity index is 473. The lowest BCUT2D eigenvalue weighted by molar-refractivity contribution is -0.384. The predicted molar refractivity (Wildman–Crippen MR) is 79.3 cm³/mol. The van der Waals surface area contributed by atoms with Crippen LogP contribution in [0, 0.1) is 10.1 Å². The van der Waals surface area contributed by atoms with E-state index in [9.17, 15) is 15.2 Å². The average molecular weight is 279 g/mol. The fourth-order valence-corrected chi connectivity index (χ4v) is 2.86. The molecule has 0 amide bonds. The normalized spacial score (nSPS) is 15.3. The molecule has 0 unspecified atom stereocenters. The molecule has 2 N–H and O–H groups in total. The molecule has 1 fully saturated rings. The summed E-state index contributed by atoms with van der Waals surface area (Å²) in [6, 6.07) is 5.39. The minimum Gasteiger partial charge on any atom is -0.395 e. The molecule has 6 nitrogen and oxygen atoms in total. The number of hydrogen-bond donors (Lipinski definition) is 2. The van der Waals surface area contributed by atoms with Crippen LogP contribution < -0.4 is 10.2 Å². The van der Waals surface area contributed by atoms with E-state index in [0.29, 0.717) is 12.6 Å². The summed E-state index contributed by atoms with van der Waals surface area (Å²) in [6.45, 7) is 0.559. The molecule has 1 aliphatic rings. The van der Waals surface area contributed by atoms with Gasteiger partial charge in [-0.15, -0.1) is 0 Å². The minimum absolute atomic E-state index is 0.0497. The monoisotopic (exact) mass is 279 g/mol. The van der Waals surface area contributed by atoms with E-state index in [1.54, 1.807) is 13.1 Å². The van der Waals surface area contributed by atoms with Crippen LogP contribution in [0.5, 0.6) is 0 Å². The molecule has 1 aromatic carbocycles. The Morgan fingerprint density at radius 3 is 2.65 bits per heavy atom. The molecule has 110 valence electrons. The fraction of sp³-hybridized carbons (Fsp3) is 0.571. The summed E-state index contributed by atoms with van der Waals surface area (Å²) in [6.07, 6.45) is 4.52. The van der Waals surface area contributed by atoms with E-state index in [2.05, 4.69) is 10.2 Å². The van der Waals surface area contributed by atoms with E-state index >= 15 is 0 Å². The van der Waals surface area contributed by atoms with Gasteiger partial charge in [-0.1, -0.05) is 12.8 Å². The van der Waals surface area contributed by atoms with Crippen molar-refractivity contribution in [2.45, 2.75) is 31.7 Å². The molecule has 0 heterocycles. The predicted octanol–water partition coefficient (Wildman–Crippen LogP) is 2.38. The molecular formula is C14H21N3O3. The highest BCUT2D eigenvalue weighted by molar-refractivity contribution is 5.64. The third-order valence-electron chi connectivity index (χ3n) is 3.84. The molecule has 1 saturated carbocycles. The van der Waals surface area contributed by atoms with Gasteiger partial charge in [0, 0.05) is 43.1 Å². The van der Waals surface area contributed by atoms with Crippen molar-refractivity contribution in [3.05, 3.63) is 28.3 Å². The number of nitro benzene ring substituents is 1. The third-order valence-corrected chi connectivity index (χ3v) is 3.84. The van der Waals surface area contributed by atoms with E-state index in [1.807, 2.05) is 6.07 Å². The minimum atomic E-state index is -0.379. The molecule has 6 heteroatoms. The fourth-order valence-electron chi connectivity index (χ4n) is 2.86. The number of nitro groups is 1. The van der Waals surface area contributed by atoms with Crippen LogP contribution in [0.15, 0.2) is 18.2 Å². The van der Waals surface area contributed by atoms with Crippen molar-refractivity contribution in [3.8, 4) is 0 Å². The standard InChI is InChI=1S/C14H21N3O3/c1-15-11-8-13(10-14(9-11)17(19)20)16(6-7-18)12-4-2-3-5-12/h8-10,12,15,18H,2-7H2,1H3. The number of non-ortho nitro benzene ring substituents is 1. The number of nitrogens with one attached hydrogen (secondary N) is 1. The van der Waals surface area contributed by atoms with Crippen LogP contribution in [-0.2, 0) is 0 Å². The van der Waals surface area contributed by atoms with Gasteiger partial charge >= 0.3 is 0 Å². The van der Waals surface area contributed by atoms with Crippen molar-refractivity contribution >= 4 is 17.1 Å². The van der Waals surface area contributed by atoms with Gasteiger partial charge in [-0.3, -0.25) is 10.1 Å². The molecule has 20 heavy (non-hydrogen) atoms. The number of benzene rings is 1. The van der Waals surface area contributed by atoms with Gasteiger partial charge in [0.25, 0.3) is 5.69 Å². The molecule has 0 atom stereocenters. The zero-order valence-corrected chi connectivity index (χ0v) is 11.7. The van der Waals surface area contributed by atoms with Crippen molar-refractivity contribution in [1.29, 1.82) is 0 Å². The van der Waals surface area contributed by atoms with Gasteiger partial charge < -0.3 is 15.3 Å². The van der Waals surface area contributed by atoms with Crippen molar-refractivity contribution in [3.63, 3.8) is 0 Å². The van der Waals surface area contributed by atoms with Gasteiger partial charge in [0.1, 0.15) is 0 Å². The smallest absolute Gasteiger partial charge is 0.273 e. The number of anilines is 2. The molecule has 0 bridgehead atoms. The second-order valence-corrected chi connectivity index (χ2v) is 5.10.